The number of nitrogens with zero attached hydrogens (tertiary/aromatic N) is 3. The Balaban J connectivity index is 1.32. The van der Waals surface area contributed by atoms with E-state index in [0.717, 1.165) is 39.3 Å². The molecule has 0 radical (unpaired) electrons. The van der Waals surface area contributed by atoms with E-state index in [2.05, 4.69) is 29.4 Å². The summed E-state index contributed by atoms with van der Waals surface area (Å²) in [6.07, 6.45) is 1.71. The highest BCUT2D eigenvalue weighted by Crippen LogP contribution is 2.35. The molecule has 2 amide bonds. The maximum Gasteiger partial charge on any atom is 0.268 e. The maximum absolute atomic E-state index is 14.1. The van der Waals surface area contributed by atoms with E-state index in [1.54, 1.807) is 18.2 Å². The van der Waals surface area contributed by atoms with Gasteiger partial charge in [0.05, 0.1) is 32.4 Å². The Morgan fingerprint density at radius 2 is 1.68 bits per heavy atom. The molecule has 3 aromatic carbocycles. The minimum absolute atomic E-state index is 0.136. The molecule has 0 unspecified atom stereocenters. The van der Waals surface area contributed by atoms with Crippen LogP contribution in [0.4, 0.5) is 5.69 Å². The number of para-hydroxylation sites is 1. The first-order valence-electron chi connectivity index (χ1n) is 13.5. The molecule has 0 bridgehead atoms. The number of hydrogen-bond acceptors (Lipinski definition) is 4. The highest BCUT2D eigenvalue weighted by atomic mass is 16.5. The molecule has 3 heterocycles. The second kappa shape index (κ2) is 11.1. The first kappa shape index (κ1) is 26.1. The van der Waals surface area contributed by atoms with Gasteiger partial charge in [-0.25, -0.2) is 0 Å². The topological polar surface area (TPSA) is 76.5 Å². The molecule has 7 nitrogen and oxygen atoms in total. The molecule has 0 saturated carbocycles. The fourth-order valence-electron chi connectivity index (χ4n) is 5.38. The normalized spacial score (nSPS) is 12.2. The summed E-state index contributed by atoms with van der Waals surface area (Å²) >= 11 is 0. The van der Waals surface area contributed by atoms with Crippen LogP contribution >= 0.6 is 0 Å². The summed E-state index contributed by atoms with van der Waals surface area (Å²) in [7, 11) is 1.62. The fourth-order valence-corrected chi connectivity index (χ4v) is 5.38. The van der Waals surface area contributed by atoms with E-state index in [0.29, 0.717) is 36.6 Å². The summed E-state index contributed by atoms with van der Waals surface area (Å²) < 4.78 is 7.73. The molecule has 1 N–H and O–H groups in total. The molecule has 0 aliphatic carbocycles. The van der Waals surface area contributed by atoms with E-state index >= 15 is 0 Å². The Labute approximate surface area is 239 Å². The van der Waals surface area contributed by atoms with Crippen molar-refractivity contribution in [3.05, 3.63) is 137 Å². The van der Waals surface area contributed by atoms with Crippen LogP contribution in [-0.4, -0.2) is 28.5 Å². The van der Waals surface area contributed by atoms with Crippen LogP contribution in [0.5, 0.6) is 5.75 Å². The number of ether oxygens (including phenoxy) is 1. The van der Waals surface area contributed by atoms with Crippen LogP contribution in [0.3, 0.4) is 0 Å². The standard InChI is InChI=1S/C34H30N4O3/c1-23-9-3-5-12-28(23)29-16-14-24(19-32(29)41-2)34(40)38-22-27-15-17-31(33(39)36-20-26-11-7-8-18-35-26)37(27)21-25-10-4-6-13-30(25)38/h3-19H,20-22H2,1-2H3,(H,36,39). The van der Waals surface area contributed by atoms with Crippen molar-refractivity contribution in [3.8, 4) is 16.9 Å². The average Bonchev–Trinajstić information content (AvgIpc) is 3.33. The Bertz CT molecular complexity index is 1740. The van der Waals surface area contributed by atoms with Gasteiger partial charge in [-0.3, -0.25) is 14.6 Å². The molecule has 5 aromatic rings. The molecular formula is C34H30N4O3. The number of nitrogens with one attached hydrogen (secondary N) is 1. The summed E-state index contributed by atoms with van der Waals surface area (Å²) in [5.41, 5.74) is 7.65. The average molecular weight is 543 g/mol. The summed E-state index contributed by atoms with van der Waals surface area (Å²) in [6, 6.07) is 30.9. The second-order valence-corrected chi connectivity index (χ2v) is 10.0. The number of amides is 2. The van der Waals surface area contributed by atoms with Crippen molar-refractivity contribution >= 4 is 17.5 Å². The lowest BCUT2D eigenvalue weighted by Crippen LogP contribution is -2.30. The van der Waals surface area contributed by atoms with Gasteiger partial charge >= 0.3 is 0 Å². The number of carbonyl (C=O) groups is 2. The van der Waals surface area contributed by atoms with Crippen LogP contribution < -0.4 is 15.0 Å². The zero-order valence-electron chi connectivity index (χ0n) is 23.0. The van der Waals surface area contributed by atoms with Crippen molar-refractivity contribution in [2.24, 2.45) is 0 Å². The number of pyridine rings is 1. The third-order valence-corrected chi connectivity index (χ3v) is 7.52. The molecule has 6 rings (SSSR count). The minimum Gasteiger partial charge on any atom is -0.496 e. The van der Waals surface area contributed by atoms with Gasteiger partial charge in [-0.1, -0.05) is 48.5 Å². The van der Waals surface area contributed by atoms with Gasteiger partial charge in [-0.15, -0.1) is 0 Å². The van der Waals surface area contributed by atoms with Gasteiger partial charge in [-0.2, -0.15) is 0 Å². The lowest BCUT2D eigenvalue weighted by atomic mass is 9.98. The zero-order valence-corrected chi connectivity index (χ0v) is 23.0. The number of benzene rings is 3. The molecular weight excluding hydrogens is 512 g/mol. The third-order valence-electron chi connectivity index (χ3n) is 7.52. The predicted molar refractivity (Wildman–Crippen MR) is 159 cm³/mol. The summed E-state index contributed by atoms with van der Waals surface area (Å²) in [6.45, 7) is 3.20. The number of aromatic nitrogens is 2. The Hall–Kier alpha value is -5.17. The van der Waals surface area contributed by atoms with Crippen LogP contribution in [0.15, 0.2) is 103 Å². The van der Waals surface area contributed by atoms with Crippen LogP contribution in [-0.2, 0) is 19.6 Å². The Morgan fingerprint density at radius 1 is 0.878 bits per heavy atom. The van der Waals surface area contributed by atoms with E-state index in [-0.39, 0.29) is 11.8 Å². The quantitative estimate of drug-likeness (QED) is 0.285. The number of rotatable bonds is 6. The second-order valence-electron chi connectivity index (χ2n) is 10.0. The summed E-state index contributed by atoms with van der Waals surface area (Å²) in [5.74, 6) is 0.321. The van der Waals surface area contributed by atoms with Gasteiger partial charge in [0.2, 0.25) is 0 Å². The van der Waals surface area contributed by atoms with Crippen LogP contribution in [0.25, 0.3) is 11.1 Å². The van der Waals surface area contributed by atoms with Crippen LogP contribution in [0.2, 0.25) is 0 Å². The highest BCUT2D eigenvalue weighted by molar-refractivity contribution is 6.07. The van der Waals surface area contributed by atoms with Crippen LogP contribution in [0, 0.1) is 6.92 Å². The molecule has 7 heteroatoms. The van der Waals surface area contributed by atoms with E-state index < -0.39 is 0 Å². The van der Waals surface area contributed by atoms with Crippen molar-refractivity contribution in [2.75, 3.05) is 12.0 Å². The molecule has 204 valence electrons. The fraction of sp³-hybridized carbons (Fsp3) is 0.147. The molecule has 0 atom stereocenters. The lowest BCUT2D eigenvalue weighted by molar-refractivity contribution is 0.0940. The van der Waals surface area contributed by atoms with Gasteiger partial charge in [0, 0.05) is 28.7 Å². The van der Waals surface area contributed by atoms with Gasteiger partial charge in [0.25, 0.3) is 11.8 Å². The zero-order chi connectivity index (χ0) is 28.3. The monoisotopic (exact) mass is 542 g/mol. The van der Waals surface area contributed by atoms with Gasteiger partial charge in [-0.05, 0) is 72.1 Å². The number of anilines is 1. The van der Waals surface area contributed by atoms with Crippen molar-refractivity contribution in [1.82, 2.24) is 14.9 Å². The van der Waals surface area contributed by atoms with E-state index in [4.69, 9.17) is 4.74 Å². The van der Waals surface area contributed by atoms with Crippen molar-refractivity contribution in [1.29, 1.82) is 0 Å². The number of aryl methyl sites for hydroxylation is 1. The third kappa shape index (κ3) is 5.10. The largest absolute Gasteiger partial charge is 0.496 e. The van der Waals surface area contributed by atoms with E-state index in [1.165, 1.54) is 0 Å². The summed E-state index contributed by atoms with van der Waals surface area (Å²) in [4.78, 5) is 33.4. The Kier molecular flexibility index (Phi) is 7.08. The molecule has 0 spiro atoms. The SMILES string of the molecule is COc1cc(C(=O)N2Cc3ccc(C(=O)NCc4ccccn4)n3Cc3ccccc32)ccc1-c1ccccc1C. The molecule has 0 fully saturated rings. The number of methoxy groups -OCH3 is 1. The van der Waals surface area contributed by atoms with E-state index in [9.17, 15) is 9.59 Å². The number of carbonyl (C=O) groups excluding carboxylic acids is 2. The smallest absolute Gasteiger partial charge is 0.268 e. The lowest BCUT2D eigenvalue weighted by Gasteiger charge is -2.23. The van der Waals surface area contributed by atoms with Crippen molar-refractivity contribution < 1.29 is 14.3 Å². The molecule has 1 aliphatic rings. The minimum atomic E-state index is -0.185. The number of hydrogen-bond donors (Lipinski definition) is 1. The first-order chi connectivity index (χ1) is 20.0. The highest BCUT2D eigenvalue weighted by Gasteiger charge is 2.28. The van der Waals surface area contributed by atoms with Gasteiger partial charge < -0.3 is 19.5 Å². The van der Waals surface area contributed by atoms with Gasteiger partial charge in [0.1, 0.15) is 11.4 Å². The summed E-state index contributed by atoms with van der Waals surface area (Å²) in [5, 5.41) is 2.97. The first-order valence-corrected chi connectivity index (χ1v) is 13.5. The molecule has 0 saturated heterocycles. The van der Waals surface area contributed by atoms with Crippen LogP contribution in [0.1, 0.15) is 43.4 Å². The number of fused-ring (bicyclic) bond motifs is 2. The van der Waals surface area contributed by atoms with Crippen molar-refractivity contribution in [3.63, 3.8) is 0 Å². The molecule has 1 aliphatic heterocycles. The predicted octanol–water partition coefficient (Wildman–Crippen LogP) is 6.01. The molecule has 2 aromatic heterocycles. The van der Waals surface area contributed by atoms with Gasteiger partial charge in [0.15, 0.2) is 0 Å². The Morgan fingerprint density at radius 3 is 2.49 bits per heavy atom. The maximum atomic E-state index is 14.1. The molecule has 41 heavy (non-hydrogen) atoms. The van der Waals surface area contributed by atoms with Crippen molar-refractivity contribution in [2.45, 2.75) is 26.6 Å². The van der Waals surface area contributed by atoms with E-state index in [1.807, 2.05) is 89.5 Å².